The summed E-state index contributed by atoms with van der Waals surface area (Å²) in [5.74, 6) is 0.633. The predicted octanol–water partition coefficient (Wildman–Crippen LogP) is 3.59. The molecule has 1 aliphatic carbocycles. The van der Waals surface area contributed by atoms with Crippen molar-refractivity contribution in [3.05, 3.63) is 23.8 Å². The predicted molar refractivity (Wildman–Crippen MR) is 72.4 cm³/mol. The van der Waals surface area contributed by atoms with Crippen molar-refractivity contribution >= 4 is 5.69 Å². The number of benzene rings is 1. The van der Waals surface area contributed by atoms with Gasteiger partial charge in [0.05, 0.1) is 11.8 Å². The van der Waals surface area contributed by atoms with Gasteiger partial charge in [-0.25, -0.2) is 0 Å². The highest BCUT2D eigenvalue weighted by Crippen LogP contribution is 2.32. The first kappa shape index (κ1) is 12.8. The number of rotatable bonds is 3. The molecule has 96 valence electrons. The molecule has 1 atom stereocenters. The van der Waals surface area contributed by atoms with E-state index < -0.39 is 0 Å². The van der Waals surface area contributed by atoms with E-state index in [1.807, 2.05) is 19.1 Å². The summed E-state index contributed by atoms with van der Waals surface area (Å²) in [7, 11) is 0. The van der Waals surface area contributed by atoms with Crippen LogP contribution in [0.25, 0.3) is 0 Å². The van der Waals surface area contributed by atoms with Gasteiger partial charge in [-0.1, -0.05) is 31.4 Å². The van der Waals surface area contributed by atoms with Crippen molar-refractivity contribution in [2.24, 2.45) is 5.92 Å². The third kappa shape index (κ3) is 2.76. The maximum atomic E-state index is 9.86. The number of nitrogens with one attached hydrogen (secondary N) is 1. The lowest BCUT2D eigenvalue weighted by atomic mass is 9.84. The van der Waals surface area contributed by atoms with Crippen LogP contribution in [0.1, 0.15) is 37.7 Å². The Morgan fingerprint density at radius 3 is 2.67 bits per heavy atom. The van der Waals surface area contributed by atoms with Crippen LogP contribution < -0.4 is 5.32 Å². The first-order chi connectivity index (χ1) is 8.72. The zero-order chi connectivity index (χ0) is 13.0. The molecule has 18 heavy (non-hydrogen) atoms. The zero-order valence-electron chi connectivity index (χ0n) is 10.8. The van der Waals surface area contributed by atoms with Gasteiger partial charge in [0.1, 0.15) is 11.8 Å². The van der Waals surface area contributed by atoms with Crippen LogP contribution in [0.2, 0.25) is 0 Å². The van der Waals surface area contributed by atoms with E-state index in [1.165, 1.54) is 19.3 Å². The van der Waals surface area contributed by atoms with Gasteiger partial charge < -0.3 is 10.4 Å². The molecule has 1 aromatic rings. The molecule has 1 fully saturated rings. The molecule has 2 N–H and O–H groups in total. The first-order valence-corrected chi connectivity index (χ1v) is 6.67. The molecule has 3 heteroatoms. The minimum absolute atomic E-state index is 0.197. The molecule has 0 bridgehead atoms. The van der Waals surface area contributed by atoms with Gasteiger partial charge in [0, 0.05) is 0 Å². The molecular formula is C15H20N2O. The van der Waals surface area contributed by atoms with Crippen molar-refractivity contribution in [2.45, 2.75) is 45.1 Å². The maximum absolute atomic E-state index is 9.86. The van der Waals surface area contributed by atoms with Crippen LogP contribution in [-0.4, -0.2) is 11.1 Å². The average Bonchev–Trinajstić information content (AvgIpc) is 2.40. The second-order valence-electron chi connectivity index (χ2n) is 5.12. The summed E-state index contributed by atoms with van der Waals surface area (Å²) in [5, 5.41) is 22.4. The number of hydrogen-bond acceptors (Lipinski definition) is 3. The van der Waals surface area contributed by atoms with Crippen LogP contribution >= 0.6 is 0 Å². The van der Waals surface area contributed by atoms with E-state index in [0.29, 0.717) is 11.6 Å². The highest BCUT2D eigenvalue weighted by atomic mass is 16.3. The lowest BCUT2D eigenvalue weighted by Crippen LogP contribution is -2.29. The Labute approximate surface area is 108 Å². The van der Waals surface area contributed by atoms with Crippen molar-refractivity contribution in [3.8, 4) is 11.8 Å². The Hall–Kier alpha value is -1.69. The third-order valence-electron chi connectivity index (χ3n) is 3.81. The minimum Gasteiger partial charge on any atom is -0.506 e. The molecule has 0 amide bonds. The number of hydrogen-bond donors (Lipinski definition) is 2. The topological polar surface area (TPSA) is 56.0 Å². The Kier molecular flexibility index (Phi) is 4.09. The number of aryl methyl sites for hydroxylation is 1. The van der Waals surface area contributed by atoms with Gasteiger partial charge in [0.25, 0.3) is 0 Å². The third-order valence-corrected chi connectivity index (χ3v) is 3.81. The fourth-order valence-electron chi connectivity index (χ4n) is 2.72. The lowest BCUT2D eigenvalue weighted by Gasteiger charge is -2.27. The zero-order valence-corrected chi connectivity index (χ0v) is 10.8. The summed E-state index contributed by atoms with van der Waals surface area (Å²) in [5.41, 5.74) is 1.68. The summed E-state index contributed by atoms with van der Waals surface area (Å²) < 4.78 is 0. The number of nitriles is 1. The molecule has 0 spiro atoms. The van der Waals surface area contributed by atoms with Crippen LogP contribution in [0.4, 0.5) is 5.69 Å². The number of nitrogens with zero attached hydrogens (tertiary/aromatic N) is 1. The quantitative estimate of drug-likeness (QED) is 0.799. The molecule has 0 aliphatic heterocycles. The normalized spacial score (nSPS) is 18.0. The van der Waals surface area contributed by atoms with Crippen molar-refractivity contribution in [3.63, 3.8) is 0 Å². The number of phenols is 1. The van der Waals surface area contributed by atoms with Gasteiger partial charge in [-0.05, 0) is 37.3 Å². The van der Waals surface area contributed by atoms with Crippen LogP contribution in [-0.2, 0) is 0 Å². The summed E-state index contributed by atoms with van der Waals surface area (Å²) >= 11 is 0. The number of para-hydroxylation sites is 1. The molecule has 1 aromatic carbocycles. The Morgan fingerprint density at radius 2 is 2.06 bits per heavy atom. The number of anilines is 1. The summed E-state index contributed by atoms with van der Waals surface area (Å²) in [4.78, 5) is 0. The fourth-order valence-corrected chi connectivity index (χ4v) is 2.72. The molecule has 1 unspecified atom stereocenters. The minimum atomic E-state index is -0.197. The van der Waals surface area contributed by atoms with Gasteiger partial charge in [-0.3, -0.25) is 0 Å². The smallest absolute Gasteiger partial charge is 0.138 e. The van der Waals surface area contributed by atoms with Gasteiger partial charge in [-0.15, -0.1) is 0 Å². The second kappa shape index (κ2) is 5.77. The van der Waals surface area contributed by atoms with Gasteiger partial charge in [-0.2, -0.15) is 5.26 Å². The van der Waals surface area contributed by atoms with Crippen molar-refractivity contribution in [1.29, 1.82) is 5.26 Å². The van der Waals surface area contributed by atoms with Crippen molar-refractivity contribution < 1.29 is 5.11 Å². The van der Waals surface area contributed by atoms with Crippen LogP contribution in [0.5, 0.6) is 5.75 Å². The van der Waals surface area contributed by atoms with E-state index in [-0.39, 0.29) is 11.8 Å². The monoisotopic (exact) mass is 244 g/mol. The van der Waals surface area contributed by atoms with E-state index in [1.54, 1.807) is 6.07 Å². The molecule has 0 heterocycles. The molecule has 0 aromatic heterocycles. The second-order valence-corrected chi connectivity index (χ2v) is 5.12. The van der Waals surface area contributed by atoms with Crippen molar-refractivity contribution in [1.82, 2.24) is 0 Å². The Balaban J connectivity index is 2.13. The van der Waals surface area contributed by atoms with E-state index >= 15 is 0 Å². The highest BCUT2D eigenvalue weighted by molar-refractivity contribution is 5.62. The summed E-state index contributed by atoms with van der Waals surface area (Å²) in [6.45, 7) is 1.94. The SMILES string of the molecule is Cc1cccc(O)c1NC(C#N)C1CCCCC1. The Morgan fingerprint density at radius 1 is 1.33 bits per heavy atom. The van der Waals surface area contributed by atoms with E-state index in [9.17, 15) is 10.4 Å². The van der Waals surface area contributed by atoms with Gasteiger partial charge >= 0.3 is 0 Å². The maximum Gasteiger partial charge on any atom is 0.138 e. The van der Waals surface area contributed by atoms with Crippen molar-refractivity contribution in [2.75, 3.05) is 5.32 Å². The highest BCUT2D eigenvalue weighted by Gasteiger charge is 2.24. The van der Waals surface area contributed by atoms with Gasteiger partial charge in [0.2, 0.25) is 0 Å². The molecule has 0 saturated heterocycles. The fraction of sp³-hybridized carbons (Fsp3) is 0.533. The van der Waals surface area contributed by atoms with Crippen LogP contribution in [0.15, 0.2) is 18.2 Å². The largest absolute Gasteiger partial charge is 0.506 e. The molecule has 3 nitrogen and oxygen atoms in total. The number of phenolic OH excluding ortho intramolecular Hbond substituents is 1. The lowest BCUT2D eigenvalue weighted by molar-refractivity contribution is 0.345. The van der Waals surface area contributed by atoms with E-state index in [0.717, 1.165) is 18.4 Å². The molecule has 2 rings (SSSR count). The summed E-state index contributed by atoms with van der Waals surface area (Å²) in [6.07, 6.45) is 5.93. The summed E-state index contributed by atoms with van der Waals surface area (Å²) in [6, 6.07) is 7.57. The van der Waals surface area contributed by atoms with E-state index in [4.69, 9.17) is 0 Å². The first-order valence-electron chi connectivity index (χ1n) is 6.67. The van der Waals surface area contributed by atoms with Gasteiger partial charge in [0.15, 0.2) is 0 Å². The van der Waals surface area contributed by atoms with Crippen LogP contribution in [0.3, 0.4) is 0 Å². The molecule has 0 radical (unpaired) electrons. The molecule has 1 saturated carbocycles. The number of aromatic hydroxyl groups is 1. The molecule has 1 aliphatic rings. The average molecular weight is 244 g/mol. The van der Waals surface area contributed by atoms with E-state index in [2.05, 4.69) is 11.4 Å². The van der Waals surface area contributed by atoms with Crippen LogP contribution in [0, 0.1) is 24.2 Å². The Bertz CT molecular complexity index is 424. The molecular weight excluding hydrogens is 224 g/mol. The standard InChI is InChI=1S/C15H20N2O/c1-11-6-5-9-14(18)15(11)17-13(10-16)12-7-3-2-4-8-12/h5-6,9,12-13,17-18H,2-4,7-8H2,1H3.